The number of benzene rings is 2. The highest BCUT2D eigenvalue weighted by molar-refractivity contribution is 5.77. The molecular formula is C24H29FN4O3. The number of methoxy groups -OCH3 is 1. The summed E-state index contributed by atoms with van der Waals surface area (Å²) in [6.45, 7) is 1.85. The number of hydrogen-bond donors (Lipinski definition) is 1. The zero-order valence-corrected chi connectivity index (χ0v) is 18.7. The van der Waals surface area contributed by atoms with Gasteiger partial charge in [0.15, 0.2) is 11.5 Å². The second-order valence-electron chi connectivity index (χ2n) is 7.53. The molecule has 0 saturated carbocycles. The number of rotatable bonds is 11. The topological polar surface area (TPSA) is 68.6 Å². The van der Waals surface area contributed by atoms with Crippen LogP contribution in [0.4, 0.5) is 4.39 Å². The molecule has 0 bridgehead atoms. The lowest BCUT2D eigenvalue weighted by Crippen LogP contribution is -2.36. The van der Waals surface area contributed by atoms with Crippen LogP contribution in [0, 0.1) is 5.82 Å². The zero-order valence-electron chi connectivity index (χ0n) is 18.7. The summed E-state index contributed by atoms with van der Waals surface area (Å²) in [6.07, 6.45) is 4.29. The first-order valence-corrected chi connectivity index (χ1v) is 10.4. The molecule has 0 aliphatic heterocycles. The molecule has 0 unspecified atom stereocenters. The Hall–Kier alpha value is -3.39. The first-order chi connectivity index (χ1) is 15.5. The van der Waals surface area contributed by atoms with E-state index in [2.05, 4.69) is 15.2 Å². The van der Waals surface area contributed by atoms with Crippen molar-refractivity contribution in [1.82, 2.24) is 19.8 Å². The van der Waals surface area contributed by atoms with E-state index >= 15 is 0 Å². The van der Waals surface area contributed by atoms with E-state index in [1.807, 2.05) is 42.1 Å². The molecule has 0 radical (unpaired) electrons. The van der Waals surface area contributed by atoms with Crippen LogP contribution in [0.2, 0.25) is 0 Å². The fraction of sp³-hybridized carbons (Fsp3) is 0.333. The van der Waals surface area contributed by atoms with Gasteiger partial charge < -0.3 is 19.4 Å². The fourth-order valence-corrected chi connectivity index (χ4v) is 3.32. The lowest BCUT2D eigenvalue weighted by molar-refractivity contribution is -0.121. The van der Waals surface area contributed by atoms with Crippen molar-refractivity contribution in [3.63, 3.8) is 0 Å². The summed E-state index contributed by atoms with van der Waals surface area (Å²) in [5.74, 6) is 0.882. The molecule has 8 heteroatoms. The molecule has 3 rings (SSSR count). The van der Waals surface area contributed by atoms with E-state index in [4.69, 9.17) is 9.47 Å². The number of nitrogens with one attached hydrogen (secondary N) is 1. The van der Waals surface area contributed by atoms with Gasteiger partial charge in [-0.3, -0.25) is 9.69 Å². The molecule has 0 atom stereocenters. The van der Waals surface area contributed by atoms with Crippen molar-refractivity contribution in [3.05, 3.63) is 77.6 Å². The minimum absolute atomic E-state index is 0.0363. The Balaban J connectivity index is 1.64. The highest BCUT2D eigenvalue weighted by atomic mass is 19.1. The van der Waals surface area contributed by atoms with Gasteiger partial charge in [-0.2, -0.15) is 0 Å². The molecule has 7 nitrogen and oxygen atoms in total. The van der Waals surface area contributed by atoms with Gasteiger partial charge >= 0.3 is 0 Å². The van der Waals surface area contributed by atoms with Crippen molar-refractivity contribution >= 4 is 5.91 Å². The molecule has 3 aromatic rings. The number of ether oxygens (including phenoxy) is 2. The Morgan fingerprint density at radius 3 is 2.72 bits per heavy atom. The van der Waals surface area contributed by atoms with Gasteiger partial charge in [-0.25, -0.2) is 9.37 Å². The number of likely N-dealkylation sites (N-methyl/N-ethyl adjacent to an activating group) is 1. The standard InChI is InChI=1S/C24H29FN4O3/c1-26-24(30)15-29(14-21-13-27-17-28(21)2)10-9-18-7-8-22(23(12-18)31-3)32-16-19-5-4-6-20(25)11-19/h4-8,11-13,17H,9-10,14-16H2,1-3H3,(H,26,30). The van der Waals surface area contributed by atoms with E-state index in [0.29, 0.717) is 31.1 Å². The van der Waals surface area contributed by atoms with Gasteiger partial charge in [-0.15, -0.1) is 0 Å². The number of halogens is 1. The van der Waals surface area contributed by atoms with Crippen LogP contribution in [0.1, 0.15) is 16.8 Å². The van der Waals surface area contributed by atoms with E-state index in [9.17, 15) is 9.18 Å². The van der Waals surface area contributed by atoms with Crippen LogP contribution in [0.3, 0.4) is 0 Å². The third-order valence-corrected chi connectivity index (χ3v) is 5.18. The molecule has 2 aromatic carbocycles. The van der Waals surface area contributed by atoms with Gasteiger partial charge in [-0.05, 0) is 41.8 Å². The van der Waals surface area contributed by atoms with Crippen molar-refractivity contribution in [2.45, 2.75) is 19.6 Å². The number of amides is 1. The first kappa shape index (κ1) is 23.3. The van der Waals surface area contributed by atoms with Crippen LogP contribution >= 0.6 is 0 Å². The molecule has 32 heavy (non-hydrogen) atoms. The van der Waals surface area contributed by atoms with Crippen molar-refractivity contribution in [1.29, 1.82) is 0 Å². The van der Waals surface area contributed by atoms with Crippen LogP contribution < -0.4 is 14.8 Å². The maximum atomic E-state index is 13.4. The zero-order chi connectivity index (χ0) is 22.9. The second kappa shape index (κ2) is 11.3. The fourth-order valence-electron chi connectivity index (χ4n) is 3.32. The van der Waals surface area contributed by atoms with Gasteiger partial charge in [0.1, 0.15) is 12.4 Å². The Morgan fingerprint density at radius 2 is 2.03 bits per heavy atom. The average Bonchev–Trinajstić information content (AvgIpc) is 3.20. The normalized spacial score (nSPS) is 10.9. The average molecular weight is 441 g/mol. The largest absolute Gasteiger partial charge is 0.493 e. The van der Waals surface area contributed by atoms with E-state index in [1.54, 1.807) is 26.6 Å². The van der Waals surface area contributed by atoms with Crippen LogP contribution in [0.15, 0.2) is 55.0 Å². The third kappa shape index (κ3) is 6.55. The number of carbonyl (C=O) groups excluding carboxylic acids is 1. The van der Waals surface area contributed by atoms with Crippen molar-refractivity contribution in [3.8, 4) is 11.5 Å². The summed E-state index contributed by atoms with van der Waals surface area (Å²) in [7, 11) is 5.17. The number of aryl methyl sites for hydroxylation is 1. The third-order valence-electron chi connectivity index (χ3n) is 5.18. The molecule has 0 saturated heterocycles. The summed E-state index contributed by atoms with van der Waals surface area (Å²) < 4.78 is 26.7. The molecule has 1 amide bonds. The molecular weight excluding hydrogens is 411 g/mol. The molecule has 0 aliphatic rings. The van der Waals surface area contributed by atoms with E-state index in [0.717, 1.165) is 23.2 Å². The molecule has 0 spiro atoms. The van der Waals surface area contributed by atoms with Crippen LogP contribution in [-0.2, 0) is 31.4 Å². The lowest BCUT2D eigenvalue weighted by Gasteiger charge is -2.22. The summed E-state index contributed by atoms with van der Waals surface area (Å²) in [6, 6.07) is 12.1. The minimum Gasteiger partial charge on any atom is -0.493 e. The molecule has 0 aliphatic carbocycles. The number of nitrogens with zero attached hydrogens (tertiary/aromatic N) is 3. The molecule has 0 fully saturated rings. The predicted octanol–water partition coefficient (Wildman–Crippen LogP) is 2.94. The van der Waals surface area contributed by atoms with Gasteiger partial charge in [-0.1, -0.05) is 18.2 Å². The Bertz CT molecular complexity index is 1040. The van der Waals surface area contributed by atoms with Gasteiger partial charge in [0.05, 0.1) is 25.7 Å². The van der Waals surface area contributed by atoms with Gasteiger partial charge in [0.2, 0.25) is 5.91 Å². The number of carbonyl (C=O) groups is 1. The predicted molar refractivity (Wildman–Crippen MR) is 120 cm³/mol. The van der Waals surface area contributed by atoms with Crippen molar-refractivity contribution in [2.24, 2.45) is 7.05 Å². The summed E-state index contributed by atoms with van der Waals surface area (Å²) in [5, 5.41) is 2.68. The summed E-state index contributed by atoms with van der Waals surface area (Å²) >= 11 is 0. The maximum absolute atomic E-state index is 13.4. The highest BCUT2D eigenvalue weighted by Crippen LogP contribution is 2.29. The second-order valence-corrected chi connectivity index (χ2v) is 7.53. The monoisotopic (exact) mass is 440 g/mol. The Labute approximate surface area is 187 Å². The lowest BCUT2D eigenvalue weighted by atomic mass is 10.1. The van der Waals surface area contributed by atoms with Crippen molar-refractivity contribution < 1.29 is 18.7 Å². The number of aromatic nitrogens is 2. The van der Waals surface area contributed by atoms with Crippen molar-refractivity contribution in [2.75, 3.05) is 27.2 Å². The molecule has 1 aromatic heterocycles. The molecule has 1 heterocycles. The van der Waals surface area contributed by atoms with E-state index < -0.39 is 0 Å². The minimum atomic E-state index is -0.291. The quantitative estimate of drug-likeness (QED) is 0.497. The van der Waals surface area contributed by atoms with Crippen LogP contribution in [0.25, 0.3) is 0 Å². The summed E-state index contributed by atoms with van der Waals surface area (Å²) in [5.41, 5.74) is 2.84. The number of imidazole rings is 1. The van der Waals surface area contributed by atoms with Gasteiger partial charge in [0.25, 0.3) is 0 Å². The molecule has 170 valence electrons. The summed E-state index contributed by atoms with van der Waals surface area (Å²) in [4.78, 5) is 18.2. The Kier molecular flexibility index (Phi) is 8.21. The molecule has 1 N–H and O–H groups in total. The maximum Gasteiger partial charge on any atom is 0.233 e. The number of hydrogen-bond acceptors (Lipinski definition) is 5. The van der Waals surface area contributed by atoms with E-state index in [1.165, 1.54) is 12.1 Å². The van der Waals surface area contributed by atoms with Gasteiger partial charge in [0, 0.05) is 33.4 Å². The van der Waals surface area contributed by atoms with Crippen LogP contribution in [0.5, 0.6) is 11.5 Å². The van der Waals surface area contributed by atoms with Crippen LogP contribution in [-0.4, -0.2) is 47.6 Å². The first-order valence-electron chi connectivity index (χ1n) is 10.4. The SMILES string of the molecule is CNC(=O)CN(CCc1ccc(OCc2cccc(F)c2)c(OC)c1)Cc1cncn1C. The Morgan fingerprint density at radius 1 is 1.19 bits per heavy atom. The van der Waals surface area contributed by atoms with E-state index in [-0.39, 0.29) is 18.3 Å². The smallest absolute Gasteiger partial charge is 0.233 e. The highest BCUT2D eigenvalue weighted by Gasteiger charge is 2.14.